The minimum Gasteiger partial charge on any atom is -0.393 e. The third-order valence-corrected chi connectivity index (χ3v) is 2.39. The van der Waals surface area contributed by atoms with Crippen LogP contribution in [0.5, 0.6) is 0 Å². The van der Waals surface area contributed by atoms with Gasteiger partial charge in [-0.15, -0.1) is 0 Å². The summed E-state index contributed by atoms with van der Waals surface area (Å²) >= 11 is 0. The Kier molecular flexibility index (Phi) is 3.57. The molecule has 0 aliphatic carbocycles. The van der Waals surface area contributed by atoms with Gasteiger partial charge in [-0.2, -0.15) is 0 Å². The van der Waals surface area contributed by atoms with Gasteiger partial charge in [0.15, 0.2) is 11.6 Å². The molecule has 0 amide bonds. The summed E-state index contributed by atoms with van der Waals surface area (Å²) in [6.07, 6.45) is 3.20. The average Bonchev–Trinajstić information content (AvgIpc) is 2.35. The van der Waals surface area contributed by atoms with Crippen LogP contribution in [-0.4, -0.2) is 21.5 Å². The van der Waals surface area contributed by atoms with Crippen molar-refractivity contribution in [3.05, 3.63) is 30.2 Å². The molecule has 2 aromatic heterocycles. The zero-order valence-corrected chi connectivity index (χ0v) is 10.4. The Labute approximate surface area is 106 Å². The summed E-state index contributed by atoms with van der Waals surface area (Å²) in [5, 5.41) is 6.16. The molecule has 0 aliphatic rings. The molecule has 2 heterocycles. The molecule has 0 saturated carbocycles. The van der Waals surface area contributed by atoms with Crippen LogP contribution in [-0.2, 0) is 0 Å². The Balaban J connectivity index is 2.26. The van der Waals surface area contributed by atoms with Crippen LogP contribution in [0, 0.1) is 6.92 Å². The summed E-state index contributed by atoms with van der Waals surface area (Å²) in [5.74, 6) is 1.89. The van der Waals surface area contributed by atoms with Gasteiger partial charge in [-0.3, -0.25) is 0 Å². The predicted octanol–water partition coefficient (Wildman–Crippen LogP) is 1.94. The maximum absolute atomic E-state index is 5.98. The second-order valence-electron chi connectivity index (χ2n) is 3.86. The van der Waals surface area contributed by atoms with Crippen molar-refractivity contribution in [1.29, 1.82) is 0 Å². The molecule has 2 aromatic rings. The Morgan fingerprint density at radius 1 is 1.22 bits per heavy atom. The second kappa shape index (κ2) is 5.31. The van der Waals surface area contributed by atoms with Gasteiger partial charge in [0.25, 0.3) is 0 Å². The van der Waals surface area contributed by atoms with Crippen LogP contribution in [0.1, 0.15) is 12.5 Å². The summed E-state index contributed by atoms with van der Waals surface area (Å²) in [4.78, 5) is 12.4. The lowest BCUT2D eigenvalue weighted by molar-refractivity contribution is 1.11. The first-order valence-electron chi connectivity index (χ1n) is 5.74. The number of pyridine rings is 1. The van der Waals surface area contributed by atoms with Crippen LogP contribution >= 0.6 is 0 Å². The lowest BCUT2D eigenvalue weighted by Crippen LogP contribution is -2.07. The average molecular weight is 244 g/mol. The Morgan fingerprint density at radius 2 is 2.00 bits per heavy atom. The van der Waals surface area contributed by atoms with Gasteiger partial charge in [-0.1, -0.05) is 0 Å². The highest BCUT2D eigenvalue weighted by Gasteiger charge is 2.07. The molecule has 0 aliphatic heterocycles. The summed E-state index contributed by atoms with van der Waals surface area (Å²) in [6.45, 7) is 4.74. The van der Waals surface area contributed by atoms with E-state index in [1.165, 1.54) is 6.33 Å². The van der Waals surface area contributed by atoms with Crippen molar-refractivity contribution in [3.63, 3.8) is 0 Å². The van der Waals surface area contributed by atoms with Gasteiger partial charge in [-0.25, -0.2) is 15.0 Å². The largest absolute Gasteiger partial charge is 0.393 e. The summed E-state index contributed by atoms with van der Waals surface area (Å²) in [6, 6.07) is 3.85. The molecule has 0 aromatic carbocycles. The molecule has 0 radical (unpaired) electrons. The van der Waals surface area contributed by atoms with E-state index in [2.05, 4.69) is 25.6 Å². The molecule has 18 heavy (non-hydrogen) atoms. The molecule has 0 fully saturated rings. The first-order valence-corrected chi connectivity index (χ1v) is 5.74. The maximum atomic E-state index is 5.98. The summed E-state index contributed by atoms with van der Waals surface area (Å²) in [7, 11) is 0. The van der Waals surface area contributed by atoms with E-state index in [0.29, 0.717) is 23.1 Å². The SMILES string of the molecule is CCNc1ncnc(Nc2cc(C)ccn2)c1N. The molecule has 6 heteroatoms. The molecular weight excluding hydrogens is 228 g/mol. The van der Waals surface area contributed by atoms with Crippen LogP contribution in [0.3, 0.4) is 0 Å². The minimum atomic E-state index is 0.489. The first-order chi connectivity index (χ1) is 8.70. The standard InChI is InChI=1S/C12H16N6/c1-3-14-11-10(13)12(17-7-16-11)18-9-6-8(2)4-5-15-9/h4-7H,3,13H2,1-2H3,(H2,14,15,16,17,18). The number of nitrogen functional groups attached to an aromatic ring is 1. The zero-order chi connectivity index (χ0) is 13.0. The third-order valence-electron chi connectivity index (χ3n) is 2.39. The van der Waals surface area contributed by atoms with Gasteiger partial charge >= 0.3 is 0 Å². The topological polar surface area (TPSA) is 88.8 Å². The molecule has 94 valence electrons. The molecule has 0 unspecified atom stereocenters. The van der Waals surface area contributed by atoms with Crippen molar-refractivity contribution in [2.75, 3.05) is 22.9 Å². The molecule has 0 spiro atoms. The van der Waals surface area contributed by atoms with Crippen molar-refractivity contribution in [2.24, 2.45) is 0 Å². The monoisotopic (exact) mass is 244 g/mol. The van der Waals surface area contributed by atoms with Gasteiger partial charge in [0.05, 0.1) is 0 Å². The second-order valence-corrected chi connectivity index (χ2v) is 3.86. The number of aromatic nitrogens is 3. The van der Waals surface area contributed by atoms with Gasteiger partial charge in [-0.05, 0) is 31.5 Å². The van der Waals surface area contributed by atoms with Crippen LogP contribution in [0.25, 0.3) is 0 Å². The van der Waals surface area contributed by atoms with E-state index in [-0.39, 0.29) is 0 Å². The van der Waals surface area contributed by atoms with Crippen molar-refractivity contribution in [3.8, 4) is 0 Å². The minimum absolute atomic E-state index is 0.489. The van der Waals surface area contributed by atoms with Crippen LogP contribution in [0.15, 0.2) is 24.7 Å². The van der Waals surface area contributed by atoms with Crippen molar-refractivity contribution >= 4 is 23.1 Å². The molecule has 0 saturated heterocycles. The quantitative estimate of drug-likeness (QED) is 0.761. The lowest BCUT2D eigenvalue weighted by Gasteiger charge is -2.11. The zero-order valence-electron chi connectivity index (χ0n) is 10.4. The van der Waals surface area contributed by atoms with E-state index in [0.717, 1.165) is 12.1 Å². The number of aryl methyl sites for hydroxylation is 1. The van der Waals surface area contributed by atoms with Gasteiger partial charge in [0, 0.05) is 12.7 Å². The number of anilines is 4. The number of rotatable bonds is 4. The Bertz CT molecular complexity index is 540. The predicted molar refractivity (Wildman–Crippen MR) is 72.9 cm³/mol. The molecule has 0 atom stereocenters. The highest BCUT2D eigenvalue weighted by Crippen LogP contribution is 2.24. The first kappa shape index (κ1) is 12.1. The van der Waals surface area contributed by atoms with E-state index >= 15 is 0 Å². The smallest absolute Gasteiger partial charge is 0.160 e. The van der Waals surface area contributed by atoms with Gasteiger partial charge < -0.3 is 16.4 Å². The highest BCUT2D eigenvalue weighted by molar-refractivity contribution is 5.76. The molecule has 4 N–H and O–H groups in total. The fourth-order valence-electron chi connectivity index (χ4n) is 1.53. The van der Waals surface area contributed by atoms with Crippen LogP contribution in [0.2, 0.25) is 0 Å². The fourth-order valence-corrected chi connectivity index (χ4v) is 1.53. The summed E-state index contributed by atoms with van der Waals surface area (Å²) < 4.78 is 0. The number of nitrogens with zero attached hydrogens (tertiary/aromatic N) is 3. The Morgan fingerprint density at radius 3 is 2.72 bits per heavy atom. The van der Waals surface area contributed by atoms with E-state index in [9.17, 15) is 0 Å². The van der Waals surface area contributed by atoms with E-state index in [1.54, 1.807) is 6.20 Å². The summed E-state index contributed by atoms with van der Waals surface area (Å²) in [5.41, 5.74) is 7.58. The number of hydrogen-bond acceptors (Lipinski definition) is 6. The van der Waals surface area contributed by atoms with Crippen molar-refractivity contribution < 1.29 is 0 Å². The van der Waals surface area contributed by atoms with E-state index < -0.39 is 0 Å². The maximum Gasteiger partial charge on any atom is 0.160 e. The molecule has 0 bridgehead atoms. The molecule has 6 nitrogen and oxygen atoms in total. The van der Waals surface area contributed by atoms with Crippen molar-refractivity contribution in [2.45, 2.75) is 13.8 Å². The highest BCUT2D eigenvalue weighted by atomic mass is 15.1. The van der Waals surface area contributed by atoms with Crippen molar-refractivity contribution in [1.82, 2.24) is 15.0 Å². The molecular formula is C12H16N6. The third kappa shape index (κ3) is 2.65. The Hall–Kier alpha value is -2.37. The number of nitrogens with one attached hydrogen (secondary N) is 2. The normalized spacial score (nSPS) is 10.1. The van der Waals surface area contributed by atoms with Crippen LogP contribution < -0.4 is 16.4 Å². The number of nitrogens with two attached hydrogens (primary N) is 1. The molecule has 2 rings (SSSR count). The van der Waals surface area contributed by atoms with E-state index in [1.807, 2.05) is 26.0 Å². The lowest BCUT2D eigenvalue weighted by atomic mass is 10.3. The number of hydrogen-bond donors (Lipinski definition) is 3. The van der Waals surface area contributed by atoms with Gasteiger partial charge in [0.1, 0.15) is 17.8 Å². The van der Waals surface area contributed by atoms with E-state index in [4.69, 9.17) is 5.73 Å². The van der Waals surface area contributed by atoms with Crippen LogP contribution in [0.4, 0.5) is 23.1 Å². The fraction of sp³-hybridized carbons (Fsp3) is 0.250. The van der Waals surface area contributed by atoms with Gasteiger partial charge in [0.2, 0.25) is 0 Å².